The lowest BCUT2D eigenvalue weighted by Gasteiger charge is -2.18. The Hall–Kier alpha value is -2.16. The minimum atomic E-state index is -3.47. The molecule has 0 radical (unpaired) electrons. The van der Waals surface area contributed by atoms with Gasteiger partial charge in [0.1, 0.15) is 0 Å². The van der Waals surface area contributed by atoms with E-state index < -0.39 is 10.0 Å². The first-order valence-corrected chi connectivity index (χ1v) is 11.2. The number of pyridine rings is 1. The van der Waals surface area contributed by atoms with Crippen molar-refractivity contribution in [2.45, 2.75) is 23.8 Å². The molecule has 8 heteroatoms. The Labute approximate surface area is 164 Å². The molecule has 0 unspecified atom stereocenters. The van der Waals surface area contributed by atoms with E-state index in [4.69, 9.17) is 0 Å². The number of carbonyl (C=O) groups is 1. The number of hydrogen-bond acceptors (Lipinski definition) is 5. The van der Waals surface area contributed by atoms with Crippen LogP contribution >= 0.6 is 11.8 Å². The first kappa shape index (κ1) is 21.1. The maximum absolute atomic E-state index is 12.5. The van der Waals surface area contributed by atoms with E-state index in [1.807, 2.05) is 12.3 Å². The zero-order valence-electron chi connectivity index (χ0n) is 15.5. The standard InChI is InChI=1S/C19H23N3O3S2/c1-4-22(5-2)27(24,25)17-10-6-15(7-11-17)8-12-18(23)21-16-9-13-19(26-3)20-14-16/h6-14H,4-5H2,1-3H3,(H,21,23)/b12-8+. The molecule has 1 aromatic carbocycles. The van der Waals surface area contributed by atoms with Crippen LogP contribution in [0.3, 0.4) is 0 Å². The molecule has 144 valence electrons. The van der Waals surface area contributed by atoms with Crippen molar-refractivity contribution in [2.75, 3.05) is 24.7 Å². The molecule has 1 heterocycles. The molecule has 0 spiro atoms. The zero-order chi connectivity index (χ0) is 19.9. The van der Waals surface area contributed by atoms with Crippen LogP contribution in [0.1, 0.15) is 19.4 Å². The summed E-state index contributed by atoms with van der Waals surface area (Å²) in [4.78, 5) is 16.4. The van der Waals surface area contributed by atoms with Crippen molar-refractivity contribution in [2.24, 2.45) is 0 Å². The number of thioether (sulfide) groups is 1. The van der Waals surface area contributed by atoms with E-state index in [9.17, 15) is 13.2 Å². The van der Waals surface area contributed by atoms with Crippen LogP contribution < -0.4 is 5.32 Å². The maximum atomic E-state index is 12.5. The van der Waals surface area contributed by atoms with Crippen LogP contribution in [-0.4, -0.2) is 43.0 Å². The number of nitrogens with one attached hydrogen (secondary N) is 1. The van der Waals surface area contributed by atoms with Crippen molar-refractivity contribution < 1.29 is 13.2 Å². The summed E-state index contributed by atoms with van der Waals surface area (Å²) < 4.78 is 26.3. The summed E-state index contributed by atoms with van der Waals surface area (Å²) in [5, 5.41) is 3.61. The molecule has 0 aliphatic carbocycles. The van der Waals surface area contributed by atoms with E-state index in [-0.39, 0.29) is 10.8 Å². The minimum absolute atomic E-state index is 0.243. The summed E-state index contributed by atoms with van der Waals surface area (Å²) in [6, 6.07) is 10.1. The summed E-state index contributed by atoms with van der Waals surface area (Å²) in [6.07, 6.45) is 6.56. The van der Waals surface area contributed by atoms with E-state index in [2.05, 4.69) is 10.3 Å². The third-order valence-electron chi connectivity index (χ3n) is 3.86. The third-order valence-corrected chi connectivity index (χ3v) is 6.59. The van der Waals surface area contributed by atoms with Gasteiger partial charge in [0.2, 0.25) is 15.9 Å². The van der Waals surface area contributed by atoms with Crippen LogP contribution in [0.2, 0.25) is 0 Å². The Balaban J connectivity index is 2.03. The fourth-order valence-electron chi connectivity index (χ4n) is 2.39. The topological polar surface area (TPSA) is 79.4 Å². The normalized spacial score (nSPS) is 11.9. The number of amides is 1. The second-order valence-electron chi connectivity index (χ2n) is 5.57. The second kappa shape index (κ2) is 9.68. The fourth-order valence-corrected chi connectivity index (χ4v) is 4.21. The van der Waals surface area contributed by atoms with Crippen molar-refractivity contribution in [3.05, 3.63) is 54.2 Å². The summed E-state index contributed by atoms with van der Waals surface area (Å²) in [5.41, 5.74) is 1.35. The highest BCUT2D eigenvalue weighted by Gasteiger charge is 2.20. The van der Waals surface area contributed by atoms with Gasteiger partial charge in [0, 0.05) is 19.2 Å². The lowest BCUT2D eigenvalue weighted by Crippen LogP contribution is -2.30. The smallest absolute Gasteiger partial charge is 0.248 e. The first-order valence-electron chi connectivity index (χ1n) is 8.50. The van der Waals surface area contributed by atoms with Crippen LogP contribution in [-0.2, 0) is 14.8 Å². The average Bonchev–Trinajstić information content (AvgIpc) is 2.68. The quantitative estimate of drug-likeness (QED) is 0.537. The fraction of sp³-hybridized carbons (Fsp3) is 0.263. The van der Waals surface area contributed by atoms with E-state index in [1.165, 1.54) is 22.1 Å². The first-order chi connectivity index (χ1) is 12.9. The highest BCUT2D eigenvalue weighted by Crippen LogP contribution is 2.17. The number of sulfonamides is 1. The van der Waals surface area contributed by atoms with E-state index in [0.29, 0.717) is 18.8 Å². The zero-order valence-corrected chi connectivity index (χ0v) is 17.2. The van der Waals surface area contributed by atoms with Crippen molar-refractivity contribution in [1.29, 1.82) is 0 Å². The average molecular weight is 406 g/mol. The van der Waals surface area contributed by atoms with Gasteiger partial charge in [-0.25, -0.2) is 13.4 Å². The number of carbonyl (C=O) groups excluding carboxylic acids is 1. The van der Waals surface area contributed by atoms with Crippen LogP contribution in [0.25, 0.3) is 6.08 Å². The lowest BCUT2D eigenvalue weighted by atomic mass is 10.2. The summed E-state index contributed by atoms with van der Waals surface area (Å²) in [7, 11) is -3.47. The molecule has 0 bridgehead atoms. The molecular formula is C19H23N3O3S2. The molecule has 0 saturated heterocycles. The molecule has 1 aromatic heterocycles. The molecule has 1 N–H and O–H groups in total. The molecule has 0 aliphatic heterocycles. The number of nitrogens with zero attached hydrogens (tertiary/aromatic N) is 2. The molecule has 0 atom stereocenters. The molecule has 6 nitrogen and oxygen atoms in total. The van der Waals surface area contributed by atoms with Crippen LogP contribution in [0.4, 0.5) is 5.69 Å². The van der Waals surface area contributed by atoms with Gasteiger partial charge < -0.3 is 5.32 Å². The molecule has 0 aliphatic rings. The second-order valence-corrected chi connectivity index (χ2v) is 8.33. The van der Waals surface area contributed by atoms with Crippen LogP contribution in [0.15, 0.2) is 58.6 Å². The molecule has 0 fully saturated rings. The Morgan fingerprint density at radius 2 is 1.81 bits per heavy atom. The van der Waals surface area contributed by atoms with E-state index in [0.717, 1.165) is 10.6 Å². The lowest BCUT2D eigenvalue weighted by molar-refractivity contribution is -0.111. The van der Waals surface area contributed by atoms with Gasteiger partial charge in [-0.3, -0.25) is 4.79 Å². The molecule has 27 heavy (non-hydrogen) atoms. The Kier molecular flexibility index (Phi) is 7.58. The van der Waals surface area contributed by atoms with Crippen LogP contribution in [0.5, 0.6) is 0 Å². The number of aromatic nitrogens is 1. The van der Waals surface area contributed by atoms with Crippen molar-refractivity contribution in [1.82, 2.24) is 9.29 Å². The van der Waals surface area contributed by atoms with Gasteiger partial charge in [0.25, 0.3) is 0 Å². The van der Waals surface area contributed by atoms with Gasteiger partial charge in [0.15, 0.2) is 0 Å². The molecule has 2 aromatic rings. The van der Waals surface area contributed by atoms with Gasteiger partial charge in [0.05, 0.1) is 21.8 Å². The van der Waals surface area contributed by atoms with Gasteiger partial charge in [-0.15, -0.1) is 11.8 Å². The van der Waals surface area contributed by atoms with Crippen LogP contribution in [0, 0.1) is 0 Å². The predicted octanol–water partition coefficient (Wildman–Crippen LogP) is 3.49. The summed E-state index contributed by atoms with van der Waals surface area (Å²) >= 11 is 1.53. The van der Waals surface area contributed by atoms with Gasteiger partial charge in [-0.1, -0.05) is 26.0 Å². The Morgan fingerprint density at radius 3 is 2.33 bits per heavy atom. The van der Waals surface area contributed by atoms with Gasteiger partial charge >= 0.3 is 0 Å². The Morgan fingerprint density at radius 1 is 1.15 bits per heavy atom. The van der Waals surface area contributed by atoms with E-state index >= 15 is 0 Å². The minimum Gasteiger partial charge on any atom is -0.321 e. The number of benzene rings is 1. The SMILES string of the molecule is CCN(CC)S(=O)(=O)c1ccc(/C=C/C(=O)Nc2ccc(SC)nc2)cc1. The third kappa shape index (κ3) is 5.66. The van der Waals surface area contributed by atoms with E-state index in [1.54, 1.807) is 56.5 Å². The number of hydrogen-bond donors (Lipinski definition) is 1. The monoisotopic (exact) mass is 405 g/mol. The highest BCUT2D eigenvalue weighted by molar-refractivity contribution is 7.98. The van der Waals surface area contributed by atoms with Crippen molar-refractivity contribution >= 4 is 39.5 Å². The largest absolute Gasteiger partial charge is 0.321 e. The van der Waals surface area contributed by atoms with Crippen molar-refractivity contribution in [3.63, 3.8) is 0 Å². The summed E-state index contributed by atoms with van der Waals surface area (Å²) in [6.45, 7) is 4.46. The van der Waals surface area contributed by atoms with Crippen molar-refractivity contribution in [3.8, 4) is 0 Å². The van der Waals surface area contributed by atoms with Gasteiger partial charge in [-0.05, 0) is 42.2 Å². The molecule has 2 rings (SSSR count). The highest BCUT2D eigenvalue weighted by atomic mass is 32.2. The predicted molar refractivity (Wildman–Crippen MR) is 110 cm³/mol. The molecule has 1 amide bonds. The Bertz CT molecular complexity index is 889. The number of anilines is 1. The number of rotatable bonds is 8. The molecular weight excluding hydrogens is 382 g/mol. The summed E-state index contributed by atoms with van der Waals surface area (Å²) in [5.74, 6) is -0.284. The molecule has 0 saturated carbocycles. The van der Waals surface area contributed by atoms with Gasteiger partial charge in [-0.2, -0.15) is 4.31 Å². The maximum Gasteiger partial charge on any atom is 0.248 e.